The van der Waals surface area contributed by atoms with E-state index in [1.807, 2.05) is 24.3 Å². The van der Waals surface area contributed by atoms with Crippen molar-refractivity contribution in [1.29, 1.82) is 5.26 Å². The number of carbonyl (C=O) groups is 1. The Bertz CT molecular complexity index is 805. The second kappa shape index (κ2) is 8.10. The van der Waals surface area contributed by atoms with Gasteiger partial charge in [-0.25, -0.2) is 0 Å². The van der Waals surface area contributed by atoms with Crippen LogP contribution >= 0.6 is 11.6 Å². The van der Waals surface area contributed by atoms with Gasteiger partial charge in [-0.2, -0.15) is 5.26 Å². The molecule has 2 heterocycles. The van der Waals surface area contributed by atoms with Crippen molar-refractivity contribution in [3.8, 4) is 6.07 Å². The summed E-state index contributed by atoms with van der Waals surface area (Å²) in [5, 5.41) is 25.5. The molecular formula is C17H19ClN6O. The van der Waals surface area contributed by atoms with E-state index in [4.69, 9.17) is 16.9 Å². The van der Waals surface area contributed by atoms with Gasteiger partial charge in [0.15, 0.2) is 11.0 Å². The molecule has 7 nitrogen and oxygen atoms in total. The highest BCUT2D eigenvalue weighted by Gasteiger charge is 2.27. The van der Waals surface area contributed by atoms with Crippen LogP contribution in [0, 0.1) is 11.3 Å². The summed E-state index contributed by atoms with van der Waals surface area (Å²) >= 11 is 6.05. The average Bonchev–Trinajstić information content (AvgIpc) is 3.12. The van der Waals surface area contributed by atoms with E-state index in [1.165, 1.54) is 0 Å². The summed E-state index contributed by atoms with van der Waals surface area (Å²) in [6, 6.07) is 9.56. The molecule has 1 amide bonds. The van der Waals surface area contributed by atoms with Gasteiger partial charge in [0.2, 0.25) is 5.91 Å². The van der Waals surface area contributed by atoms with Crippen molar-refractivity contribution in [1.82, 2.24) is 20.4 Å². The minimum absolute atomic E-state index is 0.0271. The molecule has 3 rings (SSSR count). The Labute approximate surface area is 151 Å². The maximum Gasteiger partial charge on any atom is 0.237 e. The molecule has 1 fully saturated rings. The Morgan fingerprint density at radius 2 is 2.12 bits per heavy atom. The summed E-state index contributed by atoms with van der Waals surface area (Å²) in [6.07, 6.45) is 1.67. The van der Waals surface area contributed by atoms with Gasteiger partial charge in [-0.3, -0.25) is 4.79 Å². The van der Waals surface area contributed by atoms with E-state index in [0.29, 0.717) is 30.6 Å². The molecule has 2 aromatic rings. The topological polar surface area (TPSA) is 93.9 Å². The maximum atomic E-state index is 12.1. The number of nitriles is 1. The number of carbonyl (C=O) groups excluding carboxylic acids is 1. The third-order valence-corrected chi connectivity index (χ3v) is 4.51. The smallest absolute Gasteiger partial charge is 0.237 e. The molecule has 8 heteroatoms. The Morgan fingerprint density at radius 3 is 2.92 bits per heavy atom. The van der Waals surface area contributed by atoms with E-state index in [-0.39, 0.29) is 18.5 Å². The molecule has 1 atom stereocenters. The molecule has 0 saturated carbocycles. The number of likely N-dealkylation sites (tertiary alicyclic amines) is 1. The van der Waals surface area contributed by atoms with Crippen LogP contribution in [0.3, 0.4) is 0 Å². The molecule has 0 radical (unpaired) electrons. The van der Waals surface area contributed by atoms with Crippen LogP contribution in [-0.4, -0.2) is 53.2 Å². The minimum atomic E-state index is -0.275. The van der Waals surface area contributed by atoms with E-state index >= 15 is 0 Å². The summed E-state index contributed by atoms with van der Waals surface area (Å²) in [6.45, 7) is 2.08. The van der Waals surface area contributed by atoms with Crippen LogP contribution in [-0.2, 0) is 4.79 Å². The number of anilines is 1. The van der Waals surface area contributed by atoms with Gasteiger partial charge in [-0.1, -0.05) is 35.9 Å². The standard InChI is InChI=1S/C17H19ClN6O/c18-16-13-5-1-2-6-14(13)17(23-22-16)21-8-7-20-11-15(25)24-9-3-4-12(24)10-19/h1-2,5-6,12,20H,3-4,7-9,11H2,(H,21,23)/t12-/m0/s1. The first-order chi connectivity index (χ1) is 12.2. The van der Waals surface area contributed by atoms with Gasteiger partial charge in [0, 0.05) is 30.4 Å². The molecule has 1 aliphatic heterocycles. The van der Waals surface area contributed by atoms with Gasteiger partial charge in [0.1, 0.15) is 6.04 Å². The summed E-state index contributed by atoms with van der Waals surface area (Å²) in [5.41, 5.74) is 0. The summed E-state index contributed by atoms with van der Waals surface area (Å²) in [5.74, 6) is 0.637. The summed E-state index contributed by atoms with van der Waals surface area (Å²) in [7, 11) is 0. The monoisotopic (exact) mass is 358 g/mol. The lowest BCUT2D eigenvalue weighted by Crippen LogP contribution is -2.41. The molecule has 0 aliphatic carbocycles. The summed E-state index contributed by atoms with van der Waals surface area (Å²) in [4.78, 5) is 13.8. The number of hydrogen-bond acceptors (Lipinski definition) is 6. The number of fused-ring (bicyclic) bond motifs is 1. The molecule has 0 bridgehead atoms. The zero-order chi connectivity index (χ0) is 17.6. The van der Waals surface area contributed by atoms with Crippen molar-refractivity contribution in [3.05, 3.63) is 29.4 Å². The van der Waals surface area contributed by atoms with Crippen LogP contribution in [0.15, 0.2) is 24.3 Å². The predicted octanol–water partition coefficient (Wildman–Crippen LogP) is 1.80. The lowest BCUT2D eigenvalue weighted by molar-refractivity contribution is -0.130. The van der Waals surface area contributed by atoms with Crippen molar-refractivity contribution in [2.24, 2.45) is 0 Å². The van der Waals surface area contributed by atoms with E-state index in [1.54, 1.807) is 4.90 Å². The molecule has 130 valence electrons. The number of hydrogen-bond donors (Lipinski definition) is 2. The van der Waals surface area contributed by atoms with E-state index in [9.17, 15) is 4.79 Å². The van der Waals surface area contributed by atoms with Crippen LogP contribution in [0.2, 0.25) is 5.15 Å². The quantitative estimate of drug-likeness (QED) is 0.765. The van der Waals surface area contributed by atoms with Crippen molar-refractivity contribution >= 4 is 34.1 Å². The third-order valence-electron chi connectivity index (χ3n) is 4.23. The van der Waals surface area contributed by atoms with Crippen LogP contribution in [0.25, 0.3) is 10.8 Å². The predicted molar refractivity (Wildman–Crippen MR) is 96.3 cm³/mol. The molecule has 0 unspecified atom stereocenters. The number of amides is 1. The van der Waals surface area contributed by atoms with Gasteiger partial charge in [-0.05, 0) is 12.8 Å². The van der Waals surface area contributed by atoms with Crippen LogP contribution in [0.5, 0.6) is 0 Å². The minimum Gasteiger partial charge on any atom is -0.367 e. The number of aromatic nitrogens is 2. The normalized spacial score (nSPS) is 16.8. The molecule has 25 heavy (non-hydrogen) atoms. The van der Waals surface area contributed by atoms with Crippen molar-refractivity contribution in [3.63, 3.8) is 0 Å². The second-order valence-corrected chi connectivity index (χ2v) is 6.22. The number of nitrogens with one attached hydrogen (secondary N) is 2. The first kappa shape index (κ1) is 17.4. The average molecular weight is 359 g/mol. The third kappa shape index (κ3) is 3.98. The number of nitrogens with zero attached hydrogens (tertiary/aromatic N) is 4. The van der Waals surface area contributed by atoms with Crippen LogP contribution in [0.1, 0.15) is 12.8 Å². The Hall–Kier alpha value is -2.43. The number of benzene rings is 1. The van der Waals surface area contributed by atoms with Gasteiger partial charge in [0.05, 0.1) is 12.6 Å². The lowest BCUT2D eigenvalue weighted by Gasteiger charge is -2.19. The molecule has 1 aromatic heterocycles. The van der Waals surface area contributed by atoms with Gasteiger partial charge in [-0.15, -0.1) is 10.2 Å². The first-order valence-electron chi connectivity index (χ1n) is 8.25. The molecule has 1 aromatic carbocycles. The van der Waals surface area contributed by atoms with Crippen molar-refractivity contribution in [2.75, 3.05) is 31.5 Å². The fraction of sp³-hybridized carbons (Fsp3) is 0.412. The Balaban J connectivity index is 1.47. The fourth-order valence-corrected chi connectivity index (χ4v) is 3.17. The van der Waals surface area contributed by atoms with Gasteiger partial charge < -0.3 is 15.5 Å². The van der Waals surface area contributed by atoms with E-state index < -0.39 is 0 Å². The zero-order valence-electron chi connectivity index (χ0n) is 13.7. The molecule has 1 aliphatic rings. The number of rotatable bonds is 6. The Morgan fingerprint density at radius 1 is 1.32 bits per heavy atom. The fourth-order valence-electron chi connectivity index (χ4n) is 2.97. The van der Waals surface area contributed by atoms with Gasteiger partial charge >= 0.3 is 0 Å². The van der Waals surface area contributed by atoms with E-state index in [2.05, 4.69) is 26.9 Å². The molecule has 1 saturated heterocycles. The van der Waals surface area contributed by atoms with Gasteiger partial charge in [0.25, 0.3) is 0 Å². The second-order valence-electron chi connectivity index (χ2n) is 5.86. The van der Waals surface area contributed by atoms with Crippen molar-refractivity contribution in [2.45, 2.75) is 18.9 Å². The molecule has 0 spiro atoms. The molecule has 2 N–H and O–H groups in total. The highest BCUT2D eigenvalue weighted by atomic mass is 35.5. The highest BCUT2D eigenvalue weighted by Crippen LogP contribution is 2.25. The first-order valence-corrected chi connectivity index (χ1v) is 8.63. The van der Waals surface area contributed by atoms with Crippen molar-refractivity contribution < 1.29 is 4.79 Å². The zero-order valence-corrected chi connectivity index (χ0v) is 14.5. The molecular weight excluding hydrogens is 340 g/mol. The lowest BCUT2D eigenvalue weighted by atomic mass is 10.2. The van der Waals surface area contributed by atoms with E-state index in [0.717, 1.165) is 23.6 Å². The summed E-state index contributed by atoms with van der Waals surface area (Å²) < 4.78 is 0. The highest BCUT2D eigenvalue weighted by molar-refractivity contribution is 6.34. The largest absolute Gasteiger partial charge is 0.367 e. The van der Waals surface area contributed by atoms with Crippen LogP contribution < -0.4 is 10.6 Å². The maximum absolute atomic E-state index is 12.1. The van der Waals surface area contributed by atoms with Crippen LogP contribution in [0.4, 0.5) is 5.82 Å². The number of halogens is 1. The Kier molecular flexibility index (Phi) is 5.64. The SMILES string of the molecule is N#C[C@@H]1CCCN1C(=O)CNCCNc1nnc(Cl)c2ccccc12.